The molecule has 0 bridgehead atoms. The SMILES string of the molecule is CCCc1cccc(CCC(=O)/C=C\C(=NC)c2ccc(C=O)cc2)c1. The van der Waals surface area contributed by atoms with Crippen LogP contribution in [0, 0.1) is 0 Å². The maximum Gasteiger partial charge on any atom is 0.156 e. The van der Waals surface area contributed by atoms with Crippen LogP contribution in [0.15, 0.2) is 65.7 Å². The van der Waals surface area contributed by atoms with Crippen LogP contribution in [0.2, 0.25) is 0 Å². The molecule has 0 radical (unpaired) electrons. The number of ketones is 1. The van der Waals surface area contributed by atoms with Gasteiger partial charge in [-0.3, -0.25) is 14.6 Å². The van der Waals surface area contributed by atoms with Gasteiger partial charge in [-0.25, -0.2) is 0 Å². The van der Waals surface area contributed by atoms with Gasteiger partial charge in [-0.05, 0) is 41.7 Å². The van der Waals surface area contributed by atoms with E-state index in [-0.39, 0.29) is 5.78 Å². The van der Waals surface area contributed by atoms with E-state index >= 15 is 0 Å². The third-order valence-corrected chi connectivity index (χ3v) is 4.20. The number of nitrogens with zero attached hydrogens (tertiary/aromatic N) is 1. The van der Waals surface area contributed by atoms with E-state index < -0.39 is 0 Å². The molecule has 3 heteroatoms. The molecule has 0 N–H and O–H groups in total. The quantitative estimate of drug-likeness (QED) is 0.377. The summed E-state index contributed by atoms with van der Waals surface area (Å²) in [7, 11) is 1.69. The normalized spacial score (nSPS) is 11.7. The van der Waals surface area contributed by atoms with Crippen LogP contribution in [0.5, 0.6) is 0 Å². The molecule has 0 aliphatic rings. The van der Waals surface area contributed by atoms with Crippen molar-refractivity contribution >= 4 is 17.8 Å². The molecule has 0 saturated heterocycles. The first-order valence-corrected chi connectivity index (χ1v) is 8.97. The van der Waals surface area contributed by atoms with Gasteiger partial charge in [0.25, 0.3) is 0 Å². The summed E-state index contributed by atoms with van der Waals surface area (Å²) >= 11 is 0. The third kappa shape index (κ3) is 5.92. The molecule has 26 heavy (non-hydrogen) atoms. The summed E-state index contributed by atoms with van der Waals surface area (Å²) < 4.78 is 0. The van der Waals surface area contributed by atoms with E-state index in [2.05, 4.69) is 36.2 Å². The number of rotatable bonds is 9. The van der Waals surface area contributed by atoms with Crippen LogP contribution in [0.3, 0.4) is 0 Å². The Kier molecular flexibility index (Phi) is 7.69. The highest BCUT2D eigenvalue weighted by atomic mass is 16.1. The second kappa shape index (κ2) is 10.2. The van der Waals surface area contributed by atoms with Crippen LogP contribution in [0.25, 0.3) is 0 Å². The van der Waals surface area contributed by atoms with Gasteiger partial charge in [0.05, 0.1) is 5.71 Å². The summed E-state index contributed by atoms with van der Waals surface area (Å²) in [5.41, 5.74) is 4.75. The minimum absolute atomic E-state index is 0.0801. The molecule has 2 aromatic carbocycles. The molecule has 0 aliphatic carbocycles. The predicted octanol–water partition coefficient (Wildman–Crippen LogP) is 4.63. The minimum atomic E-state index is 0.0801. The Morgan fingerprint density at radius 2 is 1.69 bits per heavy atom. The smallest absolute Gasteiger partial charge is 0.156 e. The van der Waals surface area contributed by atoms with Crippen LogP contribution >= 0.6 is 0 Å². The second-order valence-electron chi connectivity index (χ2n) is 6.22. The van der Waals surface area contributed by atoms with Crippen LogP contribution < -0.4 is 0 Å². The number of aldehydes is 1. The van der Waals surface area contributed by atoms with Gasteiger partial charge in [0, 0.05) is 19.0 Å². The fraction of sp³-hybridized carbons (Fsp3) is 0.261. The monoisotopic (exact) mass is 347 g/mol. The van der Waals surface area contributed by atoms with Crippen molar-refractivity contribution in [3.63, 3.8) is 0 Å². The molecule has 0 spiro atoms. The molecule has 0 atom stereocenters. The van der Waals surface area contributed by atoms with E-state index in [1.165, 1.54) is 11.1 Å². The van der Waals surface area contributed by atoms with Gasteiger partial charge in [-0.15, -0.1) is 0 Å². The zero-order chi connectivity index (χ0) is 18.8. The summed E-state index contributed by atoms with van der Waals surface area (Å²) in [5.74, 6) is 0.0801. The molecule has 0 fully saturated rings. The fourth-order valence-electron chi connectivity index (χ4n) is 2.78. The molecule has 2 aromatic rings. The molecule has 3 nitrogen and oxygen atoms in total. The number of allylic oxidation sites excluding steroid dienone is 2. The summed E-state index contributed by atoms with van der Waals surface area (Å²) in [6.07, 6.45) is 7.55. The minimum Gasteiger partial charge on any atom is -0.298 e. The first-order chi connectivity index (χ1) is 12.7. The first-order valence-electron chi connectivity index (χ1n) is 8.97. The van der Waals surface area contributed by atoms with Crippen molar-refractivity contribution < 1.29 is 9.59 Å². The number of hydrogen-bond acceptors (Lipinski definition) is 3. The highest BCUT2D eigenvalue weighted by Crippen LogP contribution is 2.10. The molecule has 0 amide bonds. The van der Waals surface area contributed by atoms with E-state index in [4.69, 9.17) is 0 Å². The van der Waals surface area contributed by atoms with Gasteiger partial charge in [0.2, 0.25) is 0 Å². The Morgan fingerprint density at radius 1 is 1.00 bits per heavy atom. The summed E-state index contributed by atoms with van der Waals surface area (Å²) in [6.45, 7) is 2.17. The van der Waals surface area contributed by atoms with Crippen molar-refractivity contribution in [3.05, 3.63) is 82.9 Å². The molecule has 134 valence electrons. The summed E-state index contributed by atoms with van der Waals surface area (Å²) in [5, 5.41) is 0. The van der Waals surface area contributed by atoms with Crippen molar-refractivity contribution in [3.8, 4) is 0 Å². The van der Waals surface area contributed by atoms with E-state index in [1.807, 2.05) is 12.1 Å². The molecule has 0 aromatic heterocycles. The van der Waals surface area contributed by atoms with Crippen molar-refractivity contribution in [1.29, 1.82) is 0 Å². The predicted molar refractivity (Wildman–Crippen MR) is 107 cm³/mol. The van der Waals surface area contributed by atoms with E-state index in [1.54, 1.807) is 31.3 Å². The molecular formula is C23H25NO2. The number of hydrogen-bond donors (Lipinski definition) is 0. The van der Waals surface area contributed by atoms with Crippen molar-refractivity contribution in [2.45, 2.75) is 32.6 Å². The zero-order valence-electron chi connectivity index (χ0n) is 15.4. The lowest BCUT2D eigenvalue weighted by molar-refractivity contribution is -0.114. The molecule has 0 heterocycles. The fourth-order valence-corrected chi connectivity index (χ4v) is 2.78. The van der Waals surface area contributed by atoms with Crippen LogP contribution in [-0.4, -0.2) is 24.8 Å². The highest BCUT2D eigenvalue weighted by Gasteiger charge is 2.03. The average molecular weight is 347 g/mol. The van der Waals surface area contributed by atoms with Gasteiger partial charge in [-0.1, -0.05) is 61.9 Å². The van der Waals surface area contributed by atoms with Crippen molar-refractivity contribution in [1.82, 2.24) is 0 Å². The number of carbonyl (C=O) groups excluding carboxylic acids is 2. The third-order valence-electron chi connectivity index (χ3n) is 4.20. The summed E-state index contributed by atoms with van der Waals surface area (Å²) in [6, 6.07) is 15.6. The molecule has 2 rings (SSSR count). The van der Waals surface area contributed by atoms with Gasteiger partial charge < -0.3 is 0 Å². The maximum absolute atomic E-state index is 12.2. The second-order valence-corrected chi connectivity index (χ2v) is 6.22. The lowest BCUT2D eigenvalue weighted by Gasteiger charge is -2.04. The molecular weight excluding hydrogens is 322 g/mol. The Morgan fingerprint density at radius 3 is 2.31 bits per heavy atom. The highest BCUT2D eigenvalue weighted by molar-refractivity contribution is 6.11. The topological polar surface area (TPSA) is 46.5 Å². The number of carbonyl (C=O) groups is 2. The maximum atomic E-state index is 12.2. The first kappa shape index (κ1) is 19.5. The Hall–Kier alpha value is -2.81. The Labute approximate surface area is 155 Å². The average Bonchev–Trinajstić information content (AvgIpc) is 2.68. The van der Waals surface area contributed by atoms with Gasteiger partial charge >= 0.3 is 0 Å². The number of benzene rings is 2. The van der Waals surface area contributed by atoms with Crippen LogP contribution in [0.4, 0.5) is 0 Å². The van der Waals surface area contributed by atoms with Gasteiger partial charge in [0.15, 0.2) is 5.78 Å². The van der Waals surface area contributed by atoms with E-state index in [0.29, 0.717) is 12.0 Å². The lowest BCUT2D eigenvalue weighted by atomic mass is 10.0. The number of aliphatic imine (C=N–C) groups is 1. The molecule has 0 saturated carbocycles. The summed E-state index contributed by atoms with van der Waals surface area (Å²) in [4.78, 5) is 27.1. The van der Waals surface area contributed by atoms with Crippen molar-refractivity contribution in [2.75, 3.05) is 7.05 Å². The van der Waals surface area contributed by atoms with Gasteiger partial charge in [-0.2, -0.15) is 0 Å². The van der Waals surface area contributed by atoms with E-state index in [9.17, 15) is 9.59 Å². The van der Waals surface area contributed by atoms with Gasteiger partial charge in [0.1, 0.15) is 6.29 Å². The van der Waals surface area contributed by atoms with Crippen molar-refractivity contribution in [2.24, 2.45) is 4.99 Å². The Bertz CT molecular complexity index is 801. The van der Waals surface area contributed by atoms with Crippen LogP contribution in [-0.2, 0) is 17.6 Å². The Balaban J connectivity index is 1.94. The molecule has 0 unspecified atom stereocenters. The van der Waals surface area contributed by atoms with Crippen LogP contribution in [0.1, 0.15) is 46.8 Å². The number of aryl methyl sites for hydroxylation is 2. The zero-order valence-corrected chi connectivity index (χ0v) is 15.4. The standard InChI is InChI=1S/C23H25NO2/c1-3-5-18-6-4-7-19(16-18)10-13-22(26)14-15-23(24-2)21-11-8-20(17-25)9-12-21/h4,6-9,11-12,14-17H,3,5,10,13H2,1-2H3/b15-14-,24-23?. The largest absolute Gasteiger partial charge is 0.298 e. The lowest BCUT2D eigenvalue weighted by Crippen LogP contribution is -2.01. The van der Waals surface area contributed by atoms with E-state index in [0.717, 1.165) is 36.8 Å². The molecule has 0 aliphatic heterocycles.